The molecule has 0 radical (unpaired) electrons. The fraction of sp³-hybridized carbons (Fsp3) is 0.933. The van der Waals surface area contributed by atoms with Crippen LogP contribution in [-0.2, 0) is 4.79 Å². The molecular weight excluding hydrogens is 238 g/mol. The molecule has 1 heterocycles. The highest BCUT2D eigenvalue weighted by Gasteiger charge is 2.23. The van der Waals surface area contributed by atoms with E-state index in [1.54, 1.807) is 4.90 Å². The van der Waals surface area contributed by atoms with Crippen molar-refractivity contribution in [3.8, 4) is 0 Å². The van der Waals surface area contributed by atoms with Crippen molar-refractivity contribution in [2.45, 2.75) is 65.1 Å². The Morgan fingerprint density at radius 3 is 2.58 bits per heavy atom. The Morgan fingerprint density at radius 1 is 1.32 bits per heavy atom. The van der Waals surface area contributed by atoms with Crippen molar-refractivity contribution in [3.05, 3.63) is 0 Å². The summed E-state index contributed by atoms with van der Waals surface area (Å²) in [6.07, 6.45) is 3.54. The highest BCUT2D eigenvalue weighted by molar-refractivity contribution is 5.81. The number of hydrogen-bond donors (Lipinski definition) is 1. The third-order valence-corrected chi connectivity index (χ3v) is 4.20. The molecule has 19 heavy (non-hydrogen) atoms. The topological polar surface area (TPSA) is 35.6 Å². The van der Waals surface area contributed by atoms with E-state index in [1.807, 2.05) is 20.9 Å². The molecule has 0 aliphatic carbocycles. The number of hydrogen-bond acceptors (Lipinski definition) is 3. The van der Waals surface area contributed by atoms with Gasteiger partial charge < -0.3 is 15.1 Å². The van der Waals surface area contributed by atoms with Crippen LogP contribution in [0.5, 0.6) is 0 Å². The second-order valence-electron chi connectivity index (χ2n) is 6.00. The third kappa shape index (κ3) is 5.11. The minimum Gasteiger partial charge on any atom is -0.345 e. The molecule has 0 bridgehead atoms. The van der Waals surface area contributed by atoms with E-state index in [-0.39, 0.29) is 11.9 Å². The lowest BCUT2D eigenvalue weighted by Crippen LogP contribution is -2.47. The predicted molar refractivity (Wildman–Crippen MR) is 80.3 cm³/mol. The summed E-state index contributed by atoms with van der Waals surface area (Å²) in [5.74, 6) is 0.201. The standard InChI is InChI=1S/C15H31N3O/c1-6-17(5)15(19)13(4)16-14-8-7-10-18(11-9-14)12(2)3/h12-14,16H,6-11H2,1-5H3. The van der Waals surface area contributed by atoms with Gasteiger partial charge in [0.2, 0.25) is 5.91 Å². The molecule has 4 heteroatoms. The van der Waals surface area contributed by atoms with Gasteiger partial charge in [-0.1, -0.05) is 0 Å². The van der Waals surface area contributed by atoms with Crippen molar-refractivity contribution >= 4 is 5.91 Å². The third-order valence-electron chi connectivity index (χ3n) is 4.20. The number of nitrogens with zero attached hydrogens (tertiary/aromatic N) is 2. The van der Waals surface area contributed by atoms with E-state index >= 15 is 0 Å². The Bertz CT molecular complexity index is 281. The normalized spacial score (nSPS) is 23.2. The van der Waals surface area contributed by atoms with Gasteiger partial charge in [0.25, 0.3) is 0 Å². The highest BCUT2D eigenvalue weighted by Crippen LogP contribution is 2.14. The summed E-state index contributed by atoms with van der Waals surface area (Å²) in [5, 5.41) is 3.52. The maximum absolute atomic E-state index is 12.1. The van der Waals surface area contributed by atoms with E-state index in [4.69, 9.17) is 0 Å². The Morgan fingerprint density at radius 2 is 2.00 bits per heavy atom. The summed E-state index contributed by atoms with van der Waals surface area (Å²) in [7, 11) is 1.87. The SMILES string of the molecule is CCN(C)C(=O)C(C)NC1CCCN(C(C)C)CC1. The maximum atomic E-state index is 12.1. The number of carbonyl (C=O) groups is 1. The molecule has 112 valence electrons. The zero-order valence-electron chi connectivity index (χ0n) is 13.3. The second kappa shape index (κ2) is 7.85. The van der Waals surface area contributed by atoms with Gasteiger partial charge in [0.15, 0.2) is 0 Å². The van der Waals surface area contributed by atoms with Gasteiger partial charge in [0, 0.05) is 25.7 Å². The van der Waals surface area contributed by atoms with Crippen molar-refractivity contribution in [3.63, 3.8) is 0 Å². The average Bonchev–Trinajstić information content (AvgIpc) is 2.62. The number of likely N-dealkylation sites (tertiary alicyclic amines) is 1. The summed E-state index contributed by atoms with van der Waals surface area (Å²) >= 11 is 0. The van der Waals surface area contributed by atoms with Crippen molar-refractivity contribution in [2.24, 2.45) is 0 Å². The zero-order chi connectivity index (χ0) is 14.4. The zero-order valence-corrected chi connectivity index (χ0v) is 13.3. The minimum absolute atomic E-state index is 0.0689. The van der Waals surface area contributed by atoms with Gasteiger partial charge in [-0.15, -0.1) is 0 Å². The average molecular weight is 269 g/mol. The van der Waals surface area contributed by atoms with Crippen LogP contribution in [0.3, 0.4) is 0 Å². The van der Waals surface area contributed by atoms with E-state index in [1.165, 1.54) is 19.4 Å². The van der Waals surface area contributed by atoms with Crippen LogP contribution in [0.2, 0.25) is 0 Å². The van der Waals surface area contributed by atoms with Crippen LogP contribution in [0.25, 0.3) is 0 Å². The van der Waals surface area contributed by atoms with Crippen molar-refractivity contribution < 1.29 is 4.79 Å². The van der Waals surface area contributed by atoms with Crippen LogP contribution < -0.4 is 5.32 Å². The van der Waals surface area contributed by atoms with Crippen LogP contribution >= 0.6 is 0 Å². The lowest BCUT2D eigenvalue weighted by atomic mass is 10.1. The molecule has 1 saturated heterocycles. The van der Waals surface area contributed by atoms with Crippen molar-refractivity contribution in [2.75, 3.05) is 26.7 Å². The van der Waals surface area contributed by atoms with Gasteiger partial charge in [0.05, 0.1) is 6.04 Å². The van der Waals surface area contributed by atoms with Crippen LogP contribution in [0, 0.1) is 0 Å². The van der Waals surface area contributed by atoms with Crippen LogP contribution in [0.4, 0.5) is 0 Å². The highest BCUT2D eigenvalue weighted by atomic mass is 16.2. The van der Waals surface area contributed by atoms with Crippen LogP contribution in [0.15, 0.2) is 0 Å². The summed E-state index contributed by atoms with van der Waals surface area (Å²) in [6, 6.07) is 1.04. The molecule has 1 amide bonds. The van der Waals surface area contributed by atoms with Gasteiger partial charge in [0.1, 0.15) is 0 Å². The van der Waals surface area contributed by atoms with E-state index in [2.05, 4.69) is 24.1 Å². The molecule has 0 aromatic rings. The van der Waals surface area contributed by atoms with Gasteiger partial charge in [-0.3, -0.25) is 4.79 Å². The number of nitrogens with one attached hydrogen (secondary N) is 1. The predicted octanol–water partition coefficient (Wildman–Crippen LogP) is 1.71. The molecule has 0 aromatic carbocycles. The summed E-state index contributed by atoms with van der Waals surface area (Å²) < 4.78 is 0. The lowest BCUT2D eigenvalue weighted by Gasteiger charge is -2.26. The largest absolute Gasteiger partial charge is 0.345 e. The van der Waals surface area contributed by atoms with E-state index in [0.29, 0.717) is 12.1 Å². The number of amides is 1. The smallest absolute Gasteiger partial charge is 0.239 e. The molecule has 0 spiro atoms. The molecule has 0 saturated carbocycles. The fourth-order valence-electron chi connectivity index (χ4n) is 2.71. The summed E-state index contributed by atoms with van der Waals surface area (Å²) in [6.45, 7) is 11.6. The first-order valence-corrected chi connectivity index (χ1v) is 7.70. The fourth-order valence-corrected chi connectivity index (χ4v) is 2.71. The number of likely N-dealkylation sites (N-methyl/N-ethyl adjacent to an activating group) is 1. The molecule has 0 aromatic heterocycles. The Labute approximate surface area is 118 Å². The quantitative estimate of drug-likeness (QED) is 0.825. The van der Waals surface area contributed by atoms with E-state index in [9.17, 15) is 4.79 Å². The second-order valence-corrected chi connectivity index (χ2v) is 6.00. The van der Waals surface area contributed by atoms with Gasteiger partial charge >= 0.3 is 0 Å². The molecule has 1 fully saturated rings. The van der Waals surface area contributed by atoms with Crippen LogP contribution in [-0.4, -0.2) is 60.5 Å². The molecule has 1 aliphatic rings. The van der Waals surface area contributed by atoms with Crippen molar-refractivity contribution in [1.82, 2.24) is 15.1 Å². The van der Waals surface area contributed by atoms with Crippen LogP contribution in [0.1, 0.15) is 47.0 Å². The summed E-state index contributed by atoms with van der Waals surface area (Å²) in [4.78, 5) is 16.4. The molecule has 1 rings (SSSR count). The van der Waals surface area contributed by atoms with E-state index < -0.39 is 0 Å². The monoisotopic (exact) mass is 269 g/mol. The minimum atomic E-state index is -0.0689. The lowest BCUT2D eigenvalue weighted by molar-refractivity contribution is -0.131. The summed E-state index contributed by atoms with van der Waals surface area (Å²) in [5.41, 5.74) is 0. The first-order chi connectivity index (χ1) is 8.95. The Kier molecular flexibility index (Phi) is 6.80. The maximum Gasteiger partial charge on any atom is 0.239 e. The first-order valence-electron chi connectivity index (χ1n) is 7.70. The molecule has 2 atom stereocenters. The van der Waals surface area contributed by atoms with Crippen molar-refractivity contribution in [1.29, 1.82) is 0 Å². The molecule has 1 aliphatic heterocycles. The molecule has 4 nitrogen and oxygen atoms in total. The molecule has 1 N–H and O–H groups in total. The van der Waals surface area contributed by atoms with Gasteiger partial charge in [-0.2, -0.15) is 0 Å². The van der Waals surface area contributed by atoms with Gasteiger partial charge in [-0.05, 0) is 60.0 Å². The Balaban J connectivity index is 2.43. The van der Waals surface area contributed by atoms with E-state index in [0.717, 1.165) is 19.5 Å². The Hall–Kier alpha value is -0.610. The first kappa shape index (κ1) is 16.4. The number of rotatable bonds is 5. The number of carbonyl (C=O) groups excluding carboxylic acids is 1. The van der Waals surface area contributed by atoms with Gasteiger partial charge in [-0.25, -0.2) is 0 Å². The molecular formula is C15H31N3O. The molecule has 2 unspecified atom stereocenters.